The fourth-order valence-electron chi connectivity index (χ4n) is 4.10. The van der Waals surface area contributed by atoms with Crippen LogP contribution >= 0.6 is 0 Å². The third kappa shape index (κ3) is 3.33. The highest BCUT2D eigenvalue weighted by atomic mass is 16.5. The molecule has 0 spiro atoms. The number of aryl methyl sites for hydroxylation is 1. The fourth-order valence-corrected chi connectivity index (χ4v) is 4.10. The fraction of sp³-hybridized carbons (Fsp3) is 0.250. The van der Waals surface area contributed by atoms with E-state index in [9.17, 15) is 14.4 Å². The average molecular weight is 431 g/mol. The zero-order valence-electron chi connectivity index (χ0n) is 17.5. The topological polar surface area (TPSA) is 90.7 Å². The molecule has 0 fully saturated rings. The minimum atomic E-state index is -0.264. The number of nitrogens with zero attached hydrogens (tertiary/aromatic N) is 3. The Morgan fingerprint density at radius 1 is 0.938 bits per heavy atom. The Morgan fingerprint density at radius 2 is 1.66 bits per heavy atom. The second-order valence-corrected chi connectivity index (χ2v) is 7.74. The number of unbranched alkanes of at least 4 members (excludes halogenated alkanes) is 1. The first kappa shape index (κ1) is 20.0. The molecule has 0 unspecified atom stereocenters. The number of benzene rings is 2. The summed E-state index contributed by atoms with van der Waals surface area (Å²) in [5, 5.41) is 4.58. The molecule has 0 bridgehead atoms. The molecule has 32 heavy (non-hydrogen) atoms. The van der Waals surface area contributed by atoms with Crippen LogP contribution in [0.1, 0.15) is 39.1 Å². The molecule has 5 rings (SSSR count). The van der Waals surface area contributed by atoms with E-state index in [-0.39, 0.29) is 24.0 Å². The molecule has 0 radical (unpaired) electrons. The van der Waals surface area contributed by atoms with Crippen LogP contribution in [-0.2, 0) is 13.2 Å². The monoisotopic (exact) mass is 431 g/mol. The Kier molecular flexibility index (Phi) is 4.97. The van der Waals surface area contributed by atoms with Gasteiger partial charge in [-0.3, -0.25) is 19.3 Å². The van der Waals surface area contributed by atoms with Gasteiger partial charge in [-0.25, -0.2) is 4.68 Å². The van der Waals surface area contributed by atoms with E-state index >= 15 is 0 Å². The molecular weight excluding hydrogens is 410 g/mol. The van der Waals surface area contributed by atoms with Crippen molar-refractivity contribution < 1.29 is 19.1 Å². The van der Waals surface area contributed by atoms with Crippen molar-refractivity contribution in [2.75, 3.05) is 13.7 Å². The van der Waals surface area contributed by atoms with Crippen LogP contribution < -0.4 is 15.0 Å². The van der Waals surface area contributed by atoms with E-state index in [1.165, 1.54) is 9.58 Å². The SMILES string of the molecule is COc1ccc2c(c1)-c1nn(CCCCN3C(=O)c4ccccc4C3=O)c(=O)cc1CO2. The van der Waals surface area contributed by atoms with Gasteiger partial charge in [0, 0.05) is 30.3 Å². The van der Waals surface area contributed by atoms with E-state index in [2.05, 4.69) is 5.10 Å². The van der Waals surface area contributed by atoms with E-state index in [1.54, 1.807) is 37.4 Å². The minimum absolute atomic E-state index is 0.209. The van der Waals surface area contributed by atoms with Gasteiger partial charge >= 0.3 is 0 Å². The summed E-state index contributed by atoms with van der Waals surface area (Å²) < 4.78 is 12.5. The summed E-state index contributed by atoms with van der Waals surface area (Å²) in [6.45, 7) is 0.979. The van der Waals surface area contributed by atoms with Gasteiger partial charge in [0.25, 0.3) is 17.4 Å². The van der Waals surface area contributed by atoms with E-state index in [1.807, 2.05) is 18.2 Å². The molecule has 162 valence electrons. The smallest absolute Gasteiger partial charge is 0.267 e. The molecule has 0 saturated heterocycles. The molecule has 2 aliphatic rings. The van der Waals surface area contributed by atoms with Crippen LogP contribution in [0.15, 0.2) is 53.3 Å². The average Bonchev–Trinajstić information content (AvgIpc) is 3.06. The van der Waals surface area contributed by atoms with Crippen molar-refractivity contribution in [1.82, 2.24) is 14.7 Å². The maximum atomic E-state index is 12.5. The van der Waals surface area contributed by atoms with Crippen molar-refractivity contribution in [1.29, 1.82) is 0 Å². The van der Waals surface area contributed by atoms with Gasteiger partial charge in [-0.15, -0.1) is 0 Å². The second-order valence-electron chi connectivity index (χ2n) is 7.74. The Morgan fingerprint density at radius 3 is 2.38 bits per heavy atom. The molecule has 2 aromatic carbocycles. The third-order valence-corrected chi connectivity index (χ3v) is 5.78. The molecular formula is C24H21N3O5. The van der Waals surface area contributed by atoms with Gasteiger partial charge < -0.3 is 9.47 Å². The number of imide groups is 1. The summed E-state index contributed by atoms with van der Waals surface area (Å²) in [5.41, 5.74) is 2.90. The van der Waals surface area contributed by atoms with Gasteiger partial charge in [0.1, 0.15) is 23.8 Å². The number of hydrogen-bond donors (Lipinski definition) is 0. The van der Waals surface area contributed by atoms with Crippen LogP contribution in [-0.4, -0.2) is 40.1 Å². The van der Waals surface area contributed by atoms with Crippen molar-refractivity contribution in [3.8, 4) is 22.8 Å². The molecule has 1 aromatic heterocycles. The van der Waals surface area contributed by atoms with Crippen molar-refractivity contribution in [3.05, 3.63) is 75.6 Å². The number of hydrogen-bond acceptors (Lipinski definition) is 6. The predicted molar refractivity (Wildman–Crippen MR) is 116 cm³/mol. The maximum Gasteiger partial charge on any atom is 0.267 e. The zero-order chi connectivity index (χ0) is 22.2. The molecule has 0 atom stereocenters. The molecule has 3 heterocycles. The number of fused-ring (bicyclic) bond motifs is 4. The van der Waals surface area contributed by atoms with Crippen LogP contribution in [0.25, 0.3) is 11.3 Å². The molecule has 2 amide bonds. The number of carbonyl (C=O) groups excluding carboxylic acids is 2. The van der Waals surface area contributed by atoms with E-state index in [4.69, 9.17) is 9.47 Å². The number of rotatable bonds is 6. The zero-order valence-corrected chi connectivity index (χ0v) is 17.5. The standard InChI is InChI=1S/C24H21N3O5/c1-31-16-8-9-20-19(13-16)22-15(14-32-20)12-21(28)27(25-22)11-5-4-10-26-23(29)17-6-2-3-7-18(17)24(26)30/h2-3,6-9,12-13H,4-5,10-11,14H2,1H3. The number of ether oxygens (including phenoxy) is 2. The predicted octanol–water partition coefficient (Wildman–Crippen LogP) is 2.89. The maximum absolute atomic E-state index is 12.5. The largest absolute Gasteiger partial charge is 0.497 e. The molecule has 2 aliphatic heterocycles. The Bertz CT molecular complexity index is 1260. The van der Waals surface area contributed by atoms with Gasteiger partial charge in [0.15, 0.2) is 0 Å². The lowest BCUT2D eigenvalue weighted by Gasteiger charge is -2.21. The lowest BCUT2D eigenvalue weighted by Crippen LogP contribution is -2.31. The van der Waals surface area contributed by atoms with Gasteiger partial charge in [-0.2, -0.15) is 5.10 Å². The molecule has 8 nitrogen and oxygen atoms in total. The first-order valence-corrected chi connectivity index (χ1v) is 10.4. The normalized spacial score (nSPS) is 14.0. The number of amides is 2. The molecule has 0 aliphatic carbocycles. The van der Waals surface area contributed by atoms with Gasteiger partial charge in [-0.1, -0.05) is 12.1 Å². The molecule has 0 N–H and O–H groups in total. The molecule has 3 aromatic rings. The Labute approximate surface area is 184 Å². The van der Waals surface area contributed by atoms with E-state index in [0.29, 0.717) is 54.3 Å². The number of carbonyl (C=O) groups is 2. The van der Waals surface area contributed by atoms with Gasteiger partial charge in [0.2, 0.25) is 0 Å². The highest BCUT2D eigenvalue weighted by molar-refractivity contribution is 6.21. The Hall–Kier alpha value is -3.94. The van der Waals surface area contributed by atoms with Crippen LogP contribution in [0, 0.1) is 0 Å². The van der Waals surface area contributed by atoms with Crippen molar-refractivity contribution >= 4 is 11.8 Å². The quantitative estimate of drug-likeness (QED) is 0.440. The summed E-state index contributed by atoms with van der Waals surface area (Å²) >= 11 is 0. The summed E-state index contributed by atoms with van der Waals surface area (Å²) in [6.07, 6.45) is 1.17. The van der Waals surface area contributed by atoms with Gasteiger partial charge in [-0.05, 0) is 43.2 Å². The van der Waals surface area contributed by atoms with E-state index < -0.39 is 0 Å². The minimum Gasteiger partial charge on any atom is -0.497 e. The summed E-state index contributed by atoms with van der Waals surface area (Å²) in [5.74, 6) is 0.850. The summed E-state index contributed by atoms with van der Waals surface area (Å²) in [7, 11) is 1.59. The Balaban J connectivity index is 1.29. The molecule has 0 saturated carbocycles. The summed E-state index contributed by atoms with van der Waals surface area (Å²) in [6, 6.07) is 13.9. The lowest BCUT2D eigenvalue weighted by molar-refractivity contribution is 0.0651. The van der Waals surface area contributed by atoms with Gasteiger partial charge in [0.05, 0.1) is 18.2 Å². The van der Waals surface area contributed by atoms with Crippen LogP contribution in [0.4, 0.5) is 0 Å². The number of aromatic nitrogens is 2. The first-order valence-electron chi connectivity index (χ1n) is 10.4. The highest BCUT2D eigenvalue weighted by Gasteiger charge is 2.34. The summed E-state index contributed by atoms with van der Waals surface area (Å²) in [4.78, 5) is 38.7. The molecule has 8 heteroatoms. The number of methoxy groups -OCH3 is 1. The third-order valence-electron chi connectivity index (χ3n) is 5.78. The van der Waals surface area contributed by atoms with Crippen LogP contribution in [0.2, 0.25) is 0 Å². The van der Waals surface area contributed by atoms with E-state index in [0.717, 1.165) is 11.1 Å². The van der Waals surface area contributed by atoms with Crippen molar-refractivity contribution in [2.45, 2.75) is 26.0 Å². The van der Waals surface area contributed by atoms with Crippen LogP contribution in [0.5, 0.6) is 11.5 Å². The highest BCUT2D eigenvalue weighted by Crippen LogP contribution is 2.37. The van der Waals surface area contributed by atoms with Crippen molar-refractivity contribution in [2.24, 2.45) is 0 Å². The second kappa shape index (κ2) is 7.96. The lowest BCUT2D eigenvalue weighted by atomic mass is 10.0. The van der Waals surface area contributed by atoms with Crippen molar-refractivity contribution in [3.63, 3.8) is 0 Å². The first-order chi connectivity index (χ1) is 15.6. The van der Waals surface area contributed by atoms with Crippen LogP contribution in [0.3, 0.4) is 0 Å².